The van der Waals surface area contributed by atoms with E-state index in [0.717, 1.165) is 15.3 Å². The van der Waals surface area contributed by atoms with Gasteiger partial charge in [0.05, 0.1) is 9.79 Å². The maximum absolute atomic E-state index is 13.3. The van der Waals surface area contributed by atoms with Crippen LogP contribution in [0.2, 0.25) is 0 Å². The minimum atomic E-state index is -3.88. The van der Waals surface area contributed by atoms with Crippen molar-refractivity contribution in [1.82, 2.24) is 4.31 Å². The second-order valence-electron chi connectivity index (χ2n) is 6.60. The fraction of sp³-hybridized carbons (Fsp3) is 0.200. The molecule has 29 heavy (non-hydrogen) atoms. The third-order valence-electron chi connectivity index (χ3n) is 4.41. The Bertz CT molecular complexity index is 1170. The molecular weight excluding hydrogens is 428 g/mol. The molecular formula is C20H22N2O4S3. The lowest BCUT2D eigenvalue weighted by atomic mass is 10.1. The van der Waals surface area contributed by atoms with E-state index in [2.05, 4.69) is 0 Å². The maximum atomic E-state index is 13.3. The first-order valence-corrected chi connectivity index (χ1v) is 12.7. The van der Waals surface area contributed by atoms with Crippen molar-refractivity contribution in [3.63, 3.8) is 0 Å². The van der Waals surface area contributed by atoms with Crippen LogP contribution in [0.15, 0.2) is 76.5 Å². The van der Waals surface area contributed by atoms with Gasteiger partial charge < -0.3 is 0 Å². The molecule has 0 spiro atoms. The van der Waals surface area contributed by atoms with Gasteiger partial charge in [0.2, 0.25) is 20.0 Å². The van der Waals surface area contributed by atoms with Gasteiger partial charge in [0.1, 0.15) is 0 Å². The average molecular weight is 451 g/mol. The number of benzene rings is 2. The van der Waals surface area contributed by atoms with Gasteiger partial charge in [-0.15, -0.1) is 11.3 Å². The second-order valence-corrected chi connectivity index (χ2v) is 11.5. The van der Waals surface area contributed by atoms with Crippen LogP contribution in [0.4, 0.5) is 0 Å². The van der Waals surface area contributed by atoms with Crippen LogP contribution in [0.1, 0.15) is 15.3 Å². The molecule has 0 radical (unpaired) electrons. The Kier molecular flexibility index (Phi) is 6.55. The lowest BCUT2D eigenvalue weighted by Gasteiger charge is -2.22. The van der Waals surface area contributed by atoms with E-state index >= 15 is 0 Å². The number of rotatable bonds is 8. The average Bonchev–Trinajstić information content (AvgIpc) is 3.10. The molecule has 3 aromatic rings. The number of primary sulfonamides is 1. The molecule has 0 fully saturated rings. The van der Waals surface area contributed by atoms with E-state index in [-0.39, 0.29) is 16.3 Å². The van der Waals surface area contributed by atoms with Gasteiger partial charge in [-0.05, 0) is 55.3 Å². The summed E-state index contributed by atoms with van der Waals surface area (Å²) >= 11 is 1.55. The van der Waals surface area contributed by atoms with Gasteiger partial charge in [-0.2, -0.15) is 4.31 Å². The molecule has 6 nitrogen and oxygen atoms in total. The minimum Gasteiger partial charge on any atom is -0.225 e. The Hall–Kier alpha value is -2.04. The molecule has 0 atom stereocenters. The normalized spacial score (nSPS) is 12.4. The summed E-state index contributed by atoms with van der Waals surface area (Å²) in [6.07, 6.45) is 0.569. The van der Waals surface area contributed by atoms with E-state index in [1.54, 1.807) is 11.3 Å². The highest BCUT2D eigenvalue weighted by atomic mass is 32.2. The van der Waals surface area contributed by atoms with Crippen LogP contribution in [0.25, 0.3) is 0 Å². The first kappa shape index (κ1) is 21.7. The Morgan fingerprint density at radius 2 is 1.48 bits per heavy atom. The SMILES string of the molecule is Cc1ccc(CN(CCc2ccccc2)S(=O)(=O)c2ccc(S(N)(=O)=O)cc2)s1. The molecule has 0 bridgehead atoms. The smallest absolute Gasteiger partial charge is 0.225 e. The zero-order chi connectivity index (χ0) is 21.1. The van der Waals surface area contributed by atoms with Crippen LogP contribution in [-0.2, 0) is 33.0 Å². The van der Waals surface area contributed by atoms with E-state index in [0.29, 0.717) is 13.0 Å². The van der Waals surface area contributed by atoms with Crippen LogP contribution >= 0.6 is 11.3 Å². The monoisotopic (exact) mass is 450 g/mol. The number of aryl methyl sites for hydroxylation is 1. The van der Waals surface area contributed by atoms with Crippen LogP contribution < -0.4 is 5.14 Å². The van der Waals surface area contributed by atoms with Crippen LogP contribution in [0.3, 0.4) is 0 Å². The number of hydrogen-bond donors (Lipinski definition) is 1. The topological polar surface area (TPSA) is 97.5 Å². The van der Waals surface area contributed by atoms with Gasteiger partial charge >= 0.3 is 0 Å². The Morgan fingerprint density at radius 3 is 2.03 bits per heavy atom. The molecule has 2 N–H and O–H groups in total. The van der Waals surface area contributed by atoms with Gasteiger partial charge in [0.25, 0.3) is 0 Å². The van der Waals surface area contributed by atoms with Crippen LogP contribution in [0, 0.1) is 6.92 Å². The number of nitrogens with zero attached hydrogens (tertiary/aromatic N) is 1. The predicted molar refractivity (Wildman–Crippen MR) is 115 cm³/mol. The first-order valence-electron chi connectivity index (χ1n) is 8.88. The fourth-order valence-corrected chi connectivity index (χ4v) is 5.80. The molecule has 0 saturated heterocycles. The number of hydrogen-bond acceptors (Lipinski definition) is 5. The molecule has 0 aliphatic rings. The van der Waals surface area contributed by atoms with Crippen molar-refractivity contribution >= 4 is 31.4 Å². The summed E-state index contributed by atoms with van der Waals surface area (Å²) in [5.41, 5.74) is 1.04. The van der Waals surface area contributed by atoms with E-state index in [1.807, 2.05) is 49.4 Å². The highest BCUT2D eigenvalue weighted by Crippen LogP contribution is 2.24. The summed E-state index contributed by atoms with van der Waals surface area (Å²) in [5.74, 6) is 0. The van der Waals surface area contributed by atoms with E-state index in [1.165, 1.54) is 28.6 Å². The number of thiophene rings is 1. The van der Waals surface area contributed by atoms with Crippen LogP contribution in [-0.4, -0.2) is 27.7 Å². The summed E-state index contributed by atoms with van der Waals surface area (Å²) < 4.78 is 50.9. The quantitative estimate of drug-likeness (QED) is 0.570. The van der Waals surface area contributed by atoms with Gasteiger partial charge in [-0.1, -0.05) is 30.3 Å². The summed E-state index contributed by atoms with van der Waals surface area (Å²) in [6, 6.07) is 18.6. The molecule has 0 unspecified atom stereocenters. The third kappa shape index (κ3) is 5.52. The fourth-order valence-electron chi connectivity index (χ4n) is 2.88. The zero-order valence-electron chi connectivity index (χ0n) is 15.9. The molecule has 0 aliphatic heterocycles. The lowest BCUT2D eigenvalue weighted by molar-refractivity contribution is 0.412. The van der Waals surface area contributed by atoms with Crippen molar-refractivity contribution in [3.8, 4) is 0 Å². The van der Waals surface area contributed by atoms with Crippen molar-refractivity contribution in [1.29, 1.82) is 0 Å². The standard InChI is InChI=1S/C20H22N2O4S3/c1-16-7-8-18(27-16)15-22(14-13-17-5-3-2-4-6-17)29(25,26)20-11-9-19(10-12-20)28(21,23)24/h2-12H,13-15H2,1H3,(H2,21,23,24). The molecule has 1 aromatic heterocycles. The highest BCUT2D eigenvalue weighted by molar-refractivity contribution is 7.89. The Morgan fingerprint density at radius 1 is 0.862 bits per heavy atom. The maximum Gasteiger partial charge on any atom is 0.243 e. The van der Waals surface area contributed by atoms with Crippen LogP contribution in [0.5, 0.6) is 0 Å². The Labute approximate surface area is 175 Å². The van der Waals surface area contributed by atoms with Crippen molar-refractivity contribution in [2.45, 2.75) is 29.7 Å². The first-order chi connectivity index (χ1) is 13.7. The summed E-state index contributed by atoms with van der Waals surface area (Å²) in [6.45, 7) is 2.54. The van der Waals surface area contributed by atoms with Gasteiger partial charge in [0, 0.05) is 22.8 Å². The van der Waals surface area contributed by atoms with Crippen molar-refractivity contribution in [2.24, 2.45) is 5.14 Å². The van der Waals surface area contributed by atoms with Gasteiger partial charge in [0.15, 0.2) is 0 Å². The highest BCUT2D eigenvalue weighted by Gasteiger charge is 2.25. The summed E-state index contributed by atoms with van der Waals surface area (Å²) in [4.78, 5) is 1.96. The Balaban J connectivity index is 1.90. The number of nitrogens with two attached hydrogens (primary N) is 1. The minimum absolute atomic E-state index is 0.0336. The third-order valence-corrected chi connectivity index (χ3v) is 8.19. The molecule has 0 amide bonds. The predicted octanol–water partition coefficient (Wildman–Crippen LogP) is 3.14. The molecule has 1 heterocycles. The molecule has 2 aromatic carbocycles. The molecule has 3 rings (SSSR count). The summed E-state index contributed by atoms with van der Waals surface area (Å²) in [7, 11) is -7.70. The largest absolute Gasteiger partial charge is 0.243 e. The molecule has 154 valence electrons. The van der Waals surface area contributed by atoms with Crippen molar-refractivity contribution in [2.75, 3.05) is 6.54 Å². The van der Waals surface area contributed by atoms with Crippen molar-refractivity contribution in [3.05, 3.63) is 82.0 Å². The number of sulfonamides is 2. The lowest BCUT2D eigenvalue weighted by Crippen LogP contribution is -2.32. The second kappa shape index (κ2) is 8.76. The molecule has 0 aliphatic carbocycles. The zero-order valence-corrected chi connectivity index (χ0v) is 18.3. The van der Waals surface area contributed by atoms with E-state index in [4.69, 9.17) is 5.14 Å². The van der Waals surface area contributed by atoms with Gasteiger partial charge in [-0.3, -0.25) is 0 Å². The van der Waals surface area contributed by atoms with E-state index in [9.17, 15) is 16.8 Å². The summed E-state index contributed by atoms with van der Waals surface area (Å²) in [5, 5.41) is 5.11. The van der Waals surface area contributed by atoms with E-state index < -0.39 is 20.0 Å². The molecule has 0 saturated carbocycles. The molecule has 9 heteroatoms. The van der Waals surface area contributed by atoms with Gasteiger partial charge in [-0.25, -0.2) is 22.0 Å². The van der Waals surface area contributed by atoms with Crippen molar-refractivity contribution < 1.29 is 16.8 Å².